The molecule has 3 atom stereocenters. The van der Waals surface area contributed by atoms with E-state index in [1.807, 2.05) is 54.6 Å². The zero-order valence-electron chi connectivity index (χ0n) is 22.2. The van der Waals surface area contributed by atoms with Crippen LogP contribution in [0.2, 0.25) is 10.0 Å². The molecule has 3 aromatic carbocycles. The molecule has 0 aliphatic heterocycles. The molecule has 42 heavy (non-hydrogen) atoms. The number of Topliss-reactive ketones (excluding diaryl/α,β-unsaturated/α-hetero) is 1. The van der Waals surface area contributed by atoms with E-state index < -0.39 is 35.2 Å². The Morgan fingerprint density at radius 3 is 2.52 bits per heavy atom. The van der Waals surface area contributed by atoms with Gasteiger partial charge in [-0.3, -0.25) is 14.9 Å². The Morgan fingerprint density at radius 1 is 1.05 bits per heavy atom. The number of hydrogen-bond acceptors (Lipinski definition) is 5. The van der Waals surface area contributed by atoms with E-state index in [0.29, 0.717) is 10.6 Å². The highest BCUT2D eigenvalue weighted by Gasteiger charge is 2.53. The Bertz CT molecular complexity index is 1720. The minimum Gasteiger partial charge on any atom is -0.480 e. The molecule has 5 N–H and O–H groups in total. The number of carbonyl (C=O) groups is 3. The fraction of sp³-hybridized carbons (Fsp3) is 0.156. The normalized spacial score (nSPS) is 18.7. The van der Waals surface area contributed by atoms with Crippen molar-refractivity contribution in [3.05, 3.63) is 130 Å². The second-order valence-corrected chi connectivity index (χ2v) is 10.8. The number of benzene rings is 3. The number of halogens is 2. The lowest BCUT2D eigenvalue weighted by atomic mass is 9.64. The molecule has 10 heteroatoms. The standard InChI is InChI=1S/C32H27Cl2N3O5/c33-21-10-11-24(26(34)15-21)25-16-22(37-31(41)42-18-19-6-2-1-3-7-19)12-13-32(25,30(39)40)29(38)27(35)14-20-17-36-28-9-5-4-8-23(20)28/h1-13,15-17,25,27,36H,14,18,35H2,(H,37,41)(H,39,40)/t25?,27-,32?/m0/s1. The monoisotopic (exact) mass is 603 g/mol. The largest absolute Gasteiger partial charge is 0.480 e. The molecule has 1 aliphatic carbocycles. The van der Waals surface area contributed by atoms with Gasteiger partial charge in [0.2, 0.25) is 0 Å². The highest BCUT2D eigenvalue weighted by molar-refractivity contribution is 6.35. The molecule has 1 heterocycles. The zero-order valence-corrected chi connectivity index (χ0v) is 23.7. The van der Waals surface area contributed by atoms with E-state index in [4.69, 9.17) is 33.7 Å². The Balaban J connectivity index is 1.46. The number of carboxylic acids is 1. The van der Waals surface area contributed by atoms with Gasteiger partial charge < -0.3 is 20.6 Å². The second-order valence-electron chi connectivity index (χ2n) is 9.99. The van der Waals surface area contributed by atoms with Crippen molar-refractivity contribution in [3.63, 3.8) is 0 Å². The fourth-order valence-electron chi connectivity index (χ4n) is 5.22. The van der Waals surface area contributed by atoms with Crippen LogP contribution in [0.4, 0.5) is 4.79 Å². The van der Waals surface area contributed by atoms with Crippen LogP contribution in [0.1, 0.15) is 22.6 Å². The quantitative estimate of drug-likeness (QED) is 0.169. The first-order valence-corrected chi connectivity index (χ1v) is 13.9. The molecule has 1 aliphatic rings. The van der Waals surface area contributed by atoms with Gasteiger partial charge in [-0.1, -0.05) is 90.0 Å². The number of alkyl carbamates (subject to hydrolysis) is 1. The van der Waals surface area contributed by atoms with Gasteiger partial charge in [0.1, 0.15) is 6.61 Å². The van der Waals surface area contributed by atoms with E-state index in [1.165, 1.54) is 24.3 Å². The van der Waals surface area contributed by atoms with Gasteiger partial charge in [-0.15, -0.1) is 0 Å². The molecule has 0 fully saturated rings. The van der Waals surface area contributed by atoms with Crippen molar-refractivity contribution in [2.45, 2.75) is 25.0 Å². The number of allylic oxidation sites excluding steroid dienone is 2. The summed E-state index contributed by atoms with van der Waals surface area (Å²) in [4.78, 5) is 42.9. The highest BCUT2D eigenvalue weighted by Crippen LogP contribution is 2.46. The van der Waals surface area contributed by atoms with E-state index in [1.54, 1.807) is 18.3 Å². The molecule has 0 saturated carbocycles. The van der Waals surface area contributed by atoms with Crippen LogP contribution in [0.15, 0.2) is 103 Å². The first-order chi connectivity index (χ1) is 20.2. The number of aromatic amines is 1. The SMILES string of the molecule is N[C@@H](Cc1c[nH]c2ccccc12)C(=O)C1(C(=O)O)C=CC(NC(=O)OCc2ccccc2)=CC1c1ccc(Cl)cc1Cl. The third-order valence-corrected chi connectivity index (χ3v) is 7.89. The molecule has 1 amide bonds. The van der Waals surface area contributed by atoms with Gasteiger partial charge in [0.05, 0.1) is 6.04 Å². The number of nitrogens with one attached hydrogen (secondary N) is 2. The molecule has 0 radical (unpaired) electrons. The molecule has 5 rings (SSSR count). The van der Waals surface area contributed by atoms with Crippen molar-refractivity contribution in [2.24, 2.45) is 11.1 Å². The number of carbonyl (C=O) groups excluding carboxylic acids is 2. The van der Waals surface area contributed by atoms with Crippen LogP contribution in [-0.2, 0) is 27.4 Å². The maximum Gasteiger partial charge on any atom is 0.411 e. The number of para-hydroxylation sites is 1. The van der Waals surface area contributed by atoms with Crippen LogP contribution in [-0.4, -0.2) is 34.0 Å². The number of ether oxygens (including phenoxy) is 1. The summed E-state index contributed by atoms with van der Waals surface area (Å²) >= 11 is 12.7. The van der Waals surface area contributed by atoms with E-state index in [0.717, 1.165) is 22.0 Å². The summed E-state index contributed by atoms with van der Waals surface area (Å²) in [7, 11) is 0. The van der Waals surface area contributed by atoms with E-state index >= 15 is 0 Å². The van der Waals surface area contributed by atoms with Crippen molar-refractivity contribution in [3.8, 4) is 0 Å². The lowest BCUT2D eigenvalue weighted by Crippen LogP contribution is -2.52. The lowest BCUT2D eigenvalue weighted by Gasteiger charge is -2.37. The van der Waals surface area contributed by atoms with Crippen molar-refractivity contribution in [2.75, 3.05) is 0 Å². The smallest absolute Gasteiger partial charge is 0.411 e. The van der Waals surface area contributed by atoms with Gasteiger partial charge in [0.15, 0.2) is 11.2 Å². The van der Waals surface area contributed by atoms with Crippen molar-refractivity contribution < 1.29 is 24.2 Å². The van der Waals surface area contributed by atoms with Gasteiger partial charge in [-0.2, -0.15) is 0 Å². The Kier molecular flexibility index (Phi) is 8.49. The zero-order chi connectivity index (χ0) is 29.9. The van der Waals surface area contributed by atoms with Gasteiger partial charge in [0, 0.05) is 38.8 Å². The van der Waals surface area contributed by atoms with Crippen LogP contribution >= 0.6 is 23.2 Å². The predicted molar refractivity (Wildman–Crippen MR) is 161 cm³/mol. The average molecular weight is 604 g/mol. The predicted octanol–water partition coefficient (Wildman–Crippen LogP) is 6.15. The van der Waals surface area contributed by atoms with Crippen LogP contribution in [0, 0.1) is 5.41 Å². The first kappa shape index (κ1) is 29.1. The molecular formula is C32H27Cl2N3O5. The summed E-state index contributed by atoms with van der Waals surface area (Å²) in [5.41, 5.74) is 7.34. The van der Waals surface area contributed by atoms with Crippen molar-refractivity contribution in [1.29, 1.82) is 0 Å². The molecular weight excluding hydrogens is 577 g/mol. The van der Waals surface area contributed by atoms with Gasteiger partial charge in [-0.25, -0.2) is 4.79 Å². The average Bonchev–Trinajstić information content (AvgIpc) is 3.39. The number of nitrogens with two attached hydrogens (primary N) is 1. The minimum absolute atomic E-state index is 0.0380. The Morgan fingerprint density at radius 2 is 1.79 bits per heavy atom. The Labute approximate surface area is 251 Å². The highest BCUT2D eigenvalue weighted by atomic mass is 35.5. The van der Waals surface area contributed by atoms with Gasteiger partial charge in [0.25, 0.3) is 0 Å². The summed E-state index contributed by atoms with van der Waals surface area (Å²) in [5, 5.41) is 14.6. The molecule has 2 unspecified atom stereocenters. The van der Waals surface area contributed by atoms with Gasteiger partial charge in [-0.05, 0) is 47.4 Å². The van der Waals surface area contributed by atoms with Crippen LogP contribution in [0.5, 0.6) is 0 Å². The summed E-state index contributed by atoms with van der Waals surface area (Å²) < 4.78 is 5.32. The number of rotatable bonds is 9. The number of fused-ring (bicyclic) bond motifs is 1. The lowest BCUT2D eigenvalue weighted by molar-refractivity contribution is -0.153. The van der Waals surface area contributed by atoms with E-state index in [2.05, 4.69) is 10.3 Å². The third kappa shape index (κ3) is 5.83. The first-order valence-electron chi connectivity index (χ1n) is 13.1. The van der Waals surface area contributed by atoms with E-state index in [-0.39, 0.29) is 23.7 Å². The summed E-state index contributed by atoms with van der Waals surface area (Å²) in [5.74, 6) is -3.25. The molecule has 4 aromatic rings. The number of ketones is 1. The summed E-state index contributed by atoms with van der Waals surface area (Å²) in [6.45, 7) is 0.0380. The molecule has 0 bridgehead atoms. The minimum atomic E-state index is -2.12. The fourth-order valence-corrected chi connectivity index (χ4v) is 5.75. The number of H-pyrrole nitrogens is 1. The van der Waals surface area contributed by atoms with Crippen LogP contribution < -0.4 is 11.1 Å². The maximum atomic E-state index is 14.1. The van der Waals surface area contributed by atoms with Crippen LogP contribution in [0.3, 0.4) is 0 Å². The third-order valence-electron chi connectivity index (χ3n) is 7.33. The topological polar surface area (TPSA) is 135 Å². The van der Waals surface area contributed by atoms with Crippen LogP contribution in [0.25, 0.3) is 10.9 Å². The van der Waals surface area contributed by atoms with Gasteiger partial charge >= 0.3 is 12.1 Å². The van der Waals surface area contributed by atoms with Crippen molar-refractivity contribution >= 4 is 52.0 Å². The van der Waals surface area contributed by atoms with Crippen molar-refractivity contribution in [1.82, 2.24) is 10.3 Å². The van der Waals surface area contributed by atoms with E-state index in [9.17, 15) is 19.5 Å². The number of aliphatic carboxylic acids is 1. The Hall–Kier alpha value is -4.37. The number of amides is 1. The maximum absolute atomic E-state index is 14.1. The second kappa shape index (κ2) is 12.2. The molecule has 214 valence electrons. The molecule has 1 aromatic heterocycles. The molecule has 0 saturated heterocycles. The number of aromatic nitrogens is 1. The molecule has 0 spiro atoms. The molecule has 8 nitrogen and oxygen atoms in total. The number of hydrogen-bond donors (Lipinski definition) is 4. The summed E-state index contributed by atoms with van der Waals surface area (Å²) in [6.07, 6.45) is 5.22. The summed E-state index contributed by atoms with van der Waals surface area (Å²) in [6, 6.07) is 20.1. The number of carboxylic acid groups (broad SMARTS) is 1.